The van der Waals surface area contributed by atoms with E-state index in [0.29, 0.717) is 5.56 Å². The largest absolute Gasteiger partial charge is 0.497 e. The smallest absolute Gasteiger partial charge is 0.251 e. The van der Waals surface area contributed by atoms with Crippen LogP contribution >= 0.6 is 0 Å². The van der Waals surface area contributed by atoms with Crippen molar-refractivity contribution in [3.8, 4) is 5.75 Å². The van der Waals surface area contributed by atoms with Crippen molar-refractivity contribution in [1.29, 1.82) is 0 Å². The molecule has 1 rings (SSSR count). The Balaban J connectivity index is 2.43. The number of unbranched alkanes of at least 4 members (excludes halogenated alkanes) is 12. The van der Waals surface area contributed by atoms with Crippen LogP contribution in [0.4, 0.5) is 0 Å². The third-order valence-electron chi connectivity index (χ3n) is 6.89. The maximum atomic E-state index is 12.5. The Bertz CT molecular complexity index is 582. The molecule has 0 bridgehead atoms. The molecule has 1 amide bonds. The Morgan fingerprint density at radius 3 is 1.64 bits per heavy atom. The first kappa shape index (κ1) is 29.5. The second-order valence-corrected chi connectivity index (χ2v) is 10.0. The van der Waals surface area contributed by atoms with Crippen molar-refractivity contribution in [3.63, 3.8) is 0 Å². The van der Waals surface area contributed by atoms with Crippen LogP contribution < -0.4 is 10.1 Å². The minimum Gasteiger partial charge on any atom is -0.497 e. The molecule has 0 unspecified atom stereocenters. The van der Waals surface area contributed by atoms with E-state index in [9.17, 15) is 4.79 Å². The molecule has 190 valence electrons. The number of benzene rings is 1. The number of quaternary nitrogens is 1. The predicted molar refractivity (Wildman–Crippen MR) is 142 cm³/mol. The van der Waals surface area contributed by atoms with Crippen molar-refractivity contribution < 1.29 is 14.0 Å². The van der Waals surface area contributed by atoms with E-state index in [1.165, 1.54) is 103 Å². The number of nitrogens with zero attached hydrogens (tertiary/aromatic N) is 1. The first-order valence-electron chi connectivity index (χ1n) is 13.8. The van der Waals surface area contributed by atoms with Gasteiger partial charge in [0, 0.05) is 5.56 Å². The highest BCUT2D eigenvalue weighted by Gasteiger charge is 2.21. The third kappa shape index (κ3) is 14.3. The standard InChI is InChI=1S/C29H52N2O2/c1-5-7-9-11-13-15-17-24-31(3,25-18-16-14-12-10-8-6-2)26-23-30-29(32)27-19-21-28(33-4)22-20-27/h19-22H,5-18,23-26H2,1-4H3/p+1. The van der Waals surface area contributed by atoms with E-state index in [1.807, 2.05) is 24.3 Å². The maximum absolute atomic E-state index is 12.5. The number of hydrogen-bond acceptors (Lipinski definition) is 2. The topological polar surface area (TPSA) is 38.3 Å². The van der Waals surface area contributed by atoms with Gasteiger partial charge in [-0.1, -0.05) is 78.1 Å². The zero-order valence-electron chi connectivity index (χ0n) is 22.3. The van der Waals surface area contributed by atoms with Gasteiger partial charge < -0.3 is 14.5 Å². The van der Waals surface area contributed by atoms with Gasteiger partial charge in [-0.2, -0.15) is 0 Å². The molecule has 0 aliphatic carbocycles. The second kappa shape index (κ2) is 18.8. The molecule has 0 saturated carbocycles. The average molecular weight is 462 g/mol. The fourth-order valence-electron chi connectivity index (χ4n) is 4.52. The predicted octanol–water partition coefficient (Wildman–Crippen LogP) is 7.37. The molecule has 0 fully saturated rings. The van der Waals surface area contributed by atoms with Gasteiger partial charge in [-0.05, 0) is 49.9 Å². The summed E-state index contributed by atoms with van der Waals surface area (Å²) in [5.41, 5.74) is 0.698. The average Bonchev–Trinajstić information content (AvgIpc) is 2.83. The van der Waals surface area contributed by atoms with E-state index in [0.717, 1.165) is 23.3 Å². The fraction of sp³-hybridized carbons (Fsp3) is 0.759. The number of hydrogen-bond donors (Lipinski definition) is 1. The van der Waals surface area contributed by atoms with Gasteiger partial charge in [-0.15, -0.1) is 0 Å². The second-order valence-electron chi connectivity index (χ2n) is 10.0. The van der Waals surface area contributed by atoms with Gasteiger partial charge in [0.15, 0.2) is 0 Å². The van der Waals surface area contributed by atoms with Crippen LogP contribution in [-0.2, 0) is 0 Å². The first-order valence-corrected chi connectivity index (χ1v) is 13.8. The van der Waals surface area contributed by atoms with Crippen molar-refractivity contribution in [1.82, 2.24) is 5.32 Å². The van der Waals surface area contributed by atoms with Crippen molar-refractivity contribution >= 4 is 5.91 Å². The highest BCUT2D eigenvalue weighted by Crippen LogP contribution is 2.15. The number of carbonyl (C=O) groups excluding carboxylic acids is 1. The summed E-state index contributed by atoms with van der Waals surface area (Å²) in [4.78, 5) is 12.5. The Kier molecular flexibility index (Phi) is 16.8. The Labute approximate surface area is 205 Å². The summed E-state index contributed by atoms with van der Waals surface area (Å²) < 4.78 is 6.26. The van der Waals surface area contributed by atoms with E-state index < -0.39 is 0 Å². The number of methoxy groups -OCH3 is 1. The van der Waals surface area contributed by atoms with Crippen LogP contribution in [0.1, 0.15) is 114 Å². The molecular formula is C29H53N2O2+. The zero-order valence-corrected chi connectivity index (χ0v) is 22.3. The van der Waals surface area contributed by atoms with Gasteiger partial charge in [-0.25, -0.2) is 0 Å². The summed E-state index contributed by atoms with van der Waals surface area (Å²) in [6.45, 7) is 8.74. The molecule has 0 aliphatic rings. The van der Waals surface area contributed by atoms with Crippen molar-refractivity contribution in [2.24, 2.45) is 0 Å². The number of nitrogens with one attached hydrogen (secondary N) is 1. The molecule has 0 spiro atoms. The van der Waals surface area contributed by atoms with Crippen LogP contribution in [0.5, 0.6) is 5.75 Å². The van der Waals surface area contributed by atoms with Crippen molar-refractivity contribution in [2.45, 2.75) is 104 Å². The molecule has 0 heterocycles. The molecule has 1 aromatic rings. The molecule has 4 nitrogen and oxygen atoms in total. The lowest BCUT2D eigenvalue weighted by atomic mass is 10.1. The number of amides is 1. The van der Waals surface area contributed by atoms with E-state index in [2.05, 4.69) is 26.2 Å². The van der Waals surface area contributed by atoms with Gasteiger partial charge in [0.1, 0.15) is 5.75 Å². The molecule has 1 N–H and O–H groups in total. The maximum Gasteiger partial charge on any atom is 0.251 e. The summed E-state index contributed by atoms with van der Waals surface area (Å²) in [6, 6.07) is 7.35. The molecule has 0 aromatic heterocycles. The number of ether oxygens (including phenoxy) is 1. The number of carbonyl (C=O) groups is 1. The highest BCUT2D eigenvalue weighted by molar-refractivity contribution is 5.94. The number of rotatable bonds is 21. The van der Waals surface area contributed by atoms with E-state index >= 15 is 0 Å². The van der Waals surface area contributed by atoms with Crippen LogP contribution in [0, 0.1) is 0 Å². The highest BCUT2D eigenvalue weighted by atomic mass is 16.5. The van der Waals surface area contributed by atoms with Crippen LogP contribution in [0.2, 0.25) is 0 Å². The zero-order chi connectivity index (χ0) is 24.2. The summed E-state index contributed by atoms with van der Waals surface area (Å²) in [5.74, 6) is 0.788. The normalized spacial score (nSPS) is 11.5. The van der Waals surface area contributed by atoms with Crippen LogP contribution in [-0.4, -0.2) is 50.7 Å². The Hall–Kier alpha value is -1.55. The van der Waals surface area contributed by atoms with E-state index in [4.69, 9.17) is 4.74 Å². The quantitative estimate of drug-likeness (QED) is 0.153. The third-order valence-corrected chi connectivity index (χ3v) is 6.89. The first-order chi connectivity index (χ1) is 16.0. The summed E-state index contributed by atoms with van der Waals surface area (Å²) in [6.07, 6.45) is 18.9. The number of likely N-dealkylation sites (N-methyl/N-ethyl adjacent to an activating group) is 1. The van der Waals surface area contributed by atoms with Gasteiger partial charge in [0.25, 0.3) is 5.91 Å². The minimum atomic E-state index is 0.0102. The molecule has 4 heteroatoms. The summed E-state index contributed by atoms with van der Waals surface area (Å²) in [5, 5.41) is 3.15. The van der Waals surface area contributed by atoms with Gasteiger partial charge in [-0.3, -0.25) is 4.79 Å². The SMILES string of the molecule is CCCCCCCCC[N+](C)(CCCCCCCCC)CCNC(=O)c1ccc(OC)cc1. The molecule has 0 radical (unpaired) electrons. The molecular weight excluding hydrogens is 408 g/mol. The molecule has 0 atom stereocenters. The molecule has 1 aromatic carbocycles. The van der Waals surface area contributed by atoms with Crippen LogP contribution in [0.25, 0.3) is 0 Å². The summed E-state index contributed by atoms with van der Waals surface area (Å²) in [7, 11) is 4.04. The Morgan fingerprint density at radius 2 is 1.18 bits per heavy atom. The lowest BCUT2D eigenvalue weighted by molar-refractivity contribution is -0.908. The summed E-state index contributed by atoms with van der Waals surface area (Å²) >= 11 is 0. The molecule has 0 saturated heterocycles. The van der Waals surface area contributed by atoms with E-state index in [1.54, 1.807) is 7.11 Å². The monoisotopic (exact) mass is 461 g/mol. The van der Waals surface area contributed by atoms with Gasteiger partial charge in [0.2, 0.25) is 0 Å². The van der Waals surface area contributed by atoms with Crippen molar-refractivity contribution in [2.75, 3.05) is 40.3 Å². The van der Waals surface area contributed by atoms with Gasteiger partial charge >= 0.3 is 0 Å². The van der Waals surface area contributed by atoms with E-state index in [-0.39, 0.29) is 5.91 Å². The molecule has 33 heavy (non-hydrogen) atoms. The lowest BCUT2D eigenvalue weighted by Gasteiger charge is -2.35. The minimum absolute atomic E-state index is 0.0102. The molecule has 0 aliphatic heterocycles. The fourth-order valence-corrected chi connectivity index (χ4v) is 4.52. The van der Waals surface area contributed by atoms with Gasteiger partial charge in [0.05, 0.1) is 40.3 Å². The lowest BCUT2D eigenvalue weighted by Crippen LogP contribution is -2.50. The Morgan fingerprint density at radius 1 is 0.727 bits per heavy atom. The van der Waals surface area contributed by atoms with Crippen molar-refractivity contribution in [3.05, 3.63) is 29.8 Å². The van der Waals surface area contributed by atoms with Crippen LogP contribution in [0.3, 0.4) is 0 Å². The van der Waals surface area contributed by atoms with Crippen LogP contribution in [0.15, 0.2) is 24.3 Å².